The Bertz CT molecular complexity index is 973. The highest BCUT2D eigenvalue weighted by atomic mass is 35.5. The molecule has 0 aliphatic carbocycles. The van der Waals surface area contributed by atoms with Gasteiger partial charge in [-0.15, -0.1) is 0 Å². The van der Waals surface area contributed by atoms with Crippen LogP contribution in [0.15, 0.2) is 30.3 Å². The number of benzene rings is 2. The van der Waals surface area contributed by atoms with Crippen LogP contribution >= 0.6 is 11.6 Å². The summed E-state index contributed by atoms with van der Waals surface area (Å²) in [4.78, 5) is 0. The third-order valence-corrected chi connectivity index (χ3v) is 7.17. The fourth-order valence-electron chi connectivity index (χ4n) is 5.10. The maximum Gasteiger partial charge on any atom is 0.260 e. The second-order valence-electron chi connectivity index (χ2n) is 9.38. The highest BCUT2D eigenvalue weighted by molar-refractivity contribution is 6.32. The predicted octanol–water partition coefficient (Wildman–Crippen LogP) is 5.50. The van der Waals surface area contributed by atoms with E-state index in [1.54, 1.807) is 26.4 Å². The van der Waals surface area contributed by atoms with E-state index in [1.807, 2.05) is 6.07 Å². The molecule has 1 aliphatic heterocycles. The summed E-state index contributed by atoms with van der Waals surface area (Å²) in [5, 5.41) is 0.445. The molecule has 194 valence electrons. The van der Waals surface area contributed by atoms with Crippen LogP contribution in [0.2, 0.25) is 5.02 Å². The minimum absolute atomic E-state index is 0. The van der Waals surface area contributed by atoms with Crippen LogP contribution in [0, 0.1) is 5.82 Å². The van der Waals surface area contributed by atoms with Crippen molar-refractivity contribution in [2.24, 2.45) is 0 Å². The minimum atomic E-state index is -0.284. The van der Waals surface area contributed by atoms with Crippen LogP contribution in [0.5, 0.6) is 11.5 Å². The van der Waals surface area contributed by atoms with Crippen molar-refractivity contribution < 1.29 is 30.8 Å². The van der Waals surface area contributed by atoms with Crippen molar-refractivity contribution in [1.29, 1.82) is 0 Å². The average molecular weight is 525 g/mol. The van der Waals surface area contributed by atoms with Gasteiger partial charge in [0.1, 0.15) is 5.02 Å². The van der Waals surface area contributed by atoms with Gasteiger partial charge in [0.15, 0.2) is 29.1 Å². The molecule has 35 heavy (non-hydrogen) atoms. The van der Waals surface area contributed by atoms with Crippen LogP contribution in [0.3, 0.4) is 0 Å². The van der Waals surface area contributed by atoms with Crippen molar-refractivity contribution in [3.8, 4) is 11.5 Å². The number of nitrogens with zero attached hydrogens (tertiary/aromatic N) is 1. The topological polar surface area (TPSA) is 21.5 Å². The number of methoxy groups -OCH3 is 2. The lowest BCUT2D eigenvalue weighted by atomic mass is 9.89. The molecule has 6 heteroatoms. The van der Waals surface area contributed by atoms with Crippen LogP contribution in [-0.2, 0) is 6.42 Å². The fraction of sp³-hybridized carbons (Fsp3) is 0.552. The van der Waals surface area contributed by atoms with Gasteiger partial charge in [-0.05, 0) is 43.2 Å². The molecule has 1 atom stereocenters. The van der Waals surface area contributed by atoms with Crippen LogP contribution in [-0.4, -0.2) is 30.5 Å². The predicted molar refractivity (Wildman–Crippen MR) is 140 cm³/mol. The quantitative estimate of drug-likeness (QED) is 0.255. The van der Waals surface area contributed by atoms with Crippen molar-refractivity contribution in [1.82, 2.24) is 0 Å². The van der Waals surface area contributed by atoms with E-state index in [4.69, 9.17) is 21.1 Å². The summed E-state index contributed by atoms with van der Waals surface area (Å²) >= 11 is 6.54. The normalized spacial score (nSPS) is 15.0. The van der Waals surface area contributed by atoms with Gasteiger partial charge in [0.05, 0.1) is 14.2 Å². The van der Waals surface area contributed by atoms with E-state index in [2.05, 4.69) is 24.5 Å². The Morgan fingerprint density at radius 2 is 1.54 bits per heavy atom. The van der Waals surface area contributed by atoms with E-state index in [-0.39, 0.29) is 24.3 Å². The lowest BCUT2D eigenvalue weighted by Crippen LogP contribution is -3.00. The van der Waals surface area contributed by atoms with E-state index in [9.17, 15) is 0 Å². The van der Waals surface area contributed by atoms with Crippen molar-refractivity contribution >= 4 is 23.0 Å². The summed E-state index contributed by atoms with van der Waals surface area (Å²) in [6.07, 6.45) is 13.1. The van der Waals surface area contributed by atoms with Crippen molar-refractivity contribution in [3.63, 3.8) is 0 Å². The van der Waals surface area contributed by atoms with Crippen LogP contribution in [0.4, 0.5) is 10.1 Å². The first-order valence-corrected chi connectivity index (χ1v) is 13.2. The number of para-hydroxylation sites is 1. The zero-order valence-corrected chi connectivity index (χ0v) is 23.2. The number of hydrogen-bond donors (Lipinski definition) is 0. The van der Waals surface area contributed by atoms with Crippen LogP contribution in [0.1, 0.15) is 89.2 Å². The third kappa shape index (κ3) is 7.36. The molecule has 0 amide bonds. The molecule has 1 aliphatic rings. The molecule has 3 rings (SSSR count). The molecule has 2 aromatic carbocycles. The van der Waals surface area contributed by atoms with Crippen molar-refractivity contribution in [2.75, 3.05) is 14.2 Å². The SMILES string of the molecule is CCCCCCCCCCCC1=[N+](c2c(F)cccc2Cl)C(C)Cc2cc(OC)c(OC)cc21.[Cl-]. The molecule has 0 fully saturated rings. The molecule has 0 N–H and O–H groups in total. The fourth-order valence-corrected chi connectivity index (χ4v) is 5.35. The van der Waals surface area contributed by atoms with E-state index >= 15 is 4.39 Å². The highest BCUT2D eigenvalue weighted by Gasteiger charge is 2.36. The summed E-state index contributed by atoms with van der Waals surface area (Å²) in [5.74, 6) is 1.14. The first kappa shape index (κ1) is 29.5. The van der Waals surface area contributed by atoms with Gasteiger partial charge in [-0.3, -0.25) is 0 Å². The monoisotopic (exact) mass is 523 g/mol. The lowest BCUT2D eigenvalue weighted by Gasteiger charge is -2.25. The Morgan fingerprint density at radius 3 is 2.14 bits per heavy atom. The first-order chi connectivity index (χ1) is 16.5. The first-order valence-electron chi connectivity index (χ1n) is 12.9. The summed E-state index contributed by atoms with van der Waals surface area (Å²) < 4.78 is 28.3. The maximum atomic E-state index is 15.1. The van der Waals surface area contributed by atoms with E-state index in [1.165, 1.54) is 63.0 Å². The maximum absolute atomic E-state index is 15.1. The van der Waals surface area contributed by atoms with Gasteiger partial charge in [0.25, 0.3) is 5.69 Å². The Labute approximate surface area is 222 Å². The Kier molecular flexibility index (Phi) is 12.4. The van der Waals surface area contributed by atoms with Crippen LogP contribution in [0.25, 0.3) is 0 Å². The van der Waals surface area contributed by atoms with Gasteiger partial charge in [-0.25, -0.2) is 0 Å². The molecule has 0 spiro atoms. The van der Waals surface area contributed by atoms with E-state index < -0.39 is 0 Å². The molecule has 1 unspecified atom stereocenters. The number of hydrogen-bond acceptors (Lipinski definition) is 2. The largest absolute Gasteiger partial charge is 1.00 e. The molecule has 0 radical (unpaired) electrons. The zero-order chi connectivity index (χ0) is 24.5. The molecular formula is C29H40Cl2FNO2. The molecular weight excluding hydrogens is 484 g/mol. The summed E-state index contributed by atoms with van der Waals surface area (Å²) in [6.45, 7) is 4.39. The molecule has 0 saturated heterocycles. The Balaban J connectivity index is 0.00000432. The van der Waals surface area contributed by atoms with E-state index in [0.717, 1.165) is 36.3 Å². The molecule has 2 aromatic rings. The Morgan fingerprint density at radius 1 is 0.943 bits per heavy atom. The number of fused-ring (bicyclic) bond motifs is 1. The van der Waals surface area contributed by atoms with Crippen molar-refractivity contribution in [3.05, 3.63) is 52.3 Å². The number of halogens is 3. The summed E-state index contributed by atoms with van der Waals surface area (Å²) in [6, 6.07) is 9.12. The van der Waals surface area contributed by atoms with Gasteiger partial charge in [-0.2, -0.15) is 8.97 Å². The summed E-state index contributed by atoms with van der Waals surface area (Å²) in [7, 11) is 3.32. The Hall–Kier alpha value is -1.78. The lowest BCUT2D eigenvalue weighted by molar-refractivity contribution is -0.484. The smallest absolute Gasteiger partial charge is 0.260 e. The summed E-state index contributed by atoms with van der Waals surface area (Å²) in [5.41, 5.74) is 3.90. The van der Waals surface area contributed by atoms with Gasteiger partial charge >= 0.3 is 0 Å². The highest BCUT2D eigenvalue weighted by Crippen LogP contribution is 2.38. The van der Waals surface area contributed by atoms with Gasteiger partial charge in [0, 0.05) is 18.4 Å². The molecule has 1 heterocycles. The second kappa shape index (κ2) is 14.7. The third-order valence-electron chi connectivity index (χ3n) is 6.86. The molecule has 0 bridgehead atoms. The second-order valence-corrected chi connectivity index (χ2v) is 9.79. The van der Waals surface area contributed by atoms with Gasteiger partial charge < -0.3 is 21.9 Å². The molecule has 0 aromatic heterocycles. The molecule has 0 saturated carbocycles. The van der Waals surface area contributed by atoms with Gasteiger partial charge in [-0.1, -0.05) is 76.0 Å². The molecule has 3 nitrogen and oxygen atoms in total. The van der Waals surface area contributed by atoms with Crippen LogP contribution < -0.4 is 21.9 Å². The van der Waals surface area contributed by atoms with Crippen molar-refractivity contribution in [2.45, 2.75) is 90.5 Å². The number of rotatable bonds is 13. The minimum Gasteiger partial charge on any atom is -1.00 e. The number of unbranched alkanes of at least 4 members (excludes halogenated alkanes) is 8. The average Bonchev–Trinajstić information content (AvgIpc) is 2.83. The van der Waals surface area contributed by atoms with E-state index in [0.29, 0.717) is 16.5 Å². The standard InChI is InChI=1S/C29H40ClFNO2.ClH/c1-5-6-7-8-9-10-11-12-13-17-26-23-20-28(34-4)27(33-3)19-22(23)18-21(2)32(26)29-24(30)15-14-16-25(29)31;/h14-16,19-21H,5-13,17-18H2,1-4H3;1H/q+1;/p-1. The zero-order valence-electron chi connectivity index (χ0n) is 21.6. The van der Waals surface area contributed by atoms with Gasteiger partial charge in [0.2, 0.25) is 0 Å². The number of ether oxygens (including phenoxy) is 2.